The number of ether oxygens (including phenoxy) is 2. The van der Waals surface area contributed by atoms with Crippen LogP contribution in [0.5, 0.6) is 5.75 Å². The number of hydroxylamine groups is 2. The van der Waals surface area contributed by atoms with E-state index >= 15 is 0 Å². The van der Waals surface area contributed by atoms with Crippen molar-refractivity contribution in [2.45, 2.75) is 31.1 Å². The van der Waals surface area contributed by atoms with Crippen LogP contribution in [0.15, 0.2) is 114 Å². The van der Waals surface area contributed by atoms with E-state index in [9.17, 15) is 24.3 Å². The van der Waals surface area contributed by atoms with Gasteiger partial charge in [0.2, 0.25) is 6.10 Å². The summed E-state index contributed by atoms with van der Waals surface area (Å²) in [5, 5.41) is 9.74. The van der Waals surface area contributed by atoms with Crippen LogP contribution in [0.1, 0.15) is 56.4 Å². The van der Waals surface area contributed by atoms with Crippen molar-refractivity contribution in [3.63, 3.8) is 0 Å². The average molecular weight is 663 g/mol. The Morgan fingerprint density at radius 2 is 1.33 bits per heavy atom. The van der Waals surface area contributed by atoms with E-state index in [2.05, 4.69) is 4.99 Å². The third-order valence-electron chi connectivity index (χ3n) is 8.30. The molecule has 3 N–H and O–H groups in total. The summed E-state index contributed by atoms with van der Waals surface area (Å²) in [6.45, 7) is 0.397. The number of nitrogens with zero attached hydrogens (tertiary/aromatic N) is 3. The molecule has 0 radical (unpaired) electrons. The second-order valence-corrected chi connectivity index (χ2v) is 11.5. The van der Waals surface area contributed by atoms with Gasteiger partial charge >= 0.3 is 12.1 Å². The number of aliphatic imine (C=N–C) groups is 1. The molecule has 1 fully saturated rings. The Morgan fingerprint density at radius 3 is 1.86 bits per heavy atom. The Balaban J connectivity index is 1.18. The first-order valence-electron chi connectivity index (χ1n) is 15.8. The molecule has 0 aromatic heterocycles. The Bertz CT molecular complexity index is 1770. The van der Waals surface area contributed by atoms with Crippen molar-refractivity contribution < 1.29 is 38.6 Å². The fourth-order valence-corrected chi connectivity index (χ4v) is 5.66. The van der Waals surface area contributed by atoms with Gasteiger partial charge in [-0.15, -0.1) is 5.06 Å². The summed E-state index contributed by atoms with van der Waals surface area (Å²) in [5.74, 6) is -1.58. The maximum absolute atomic E-state index is 13.8. The number of likely N-dealkylation sites (tertiary alicyclic amines) is 1. The van der Waals surface area contributed by atoms with Crippen LogP contribution in [0.2, 0.25) is 0 Å². The minimum atomic E-state index is -1.51. The van der Waals surface area contributed by atoms with Crippen molar-refractivity contribution >= 4 is 29.7 Å². The zero-order chi connectivity index (χ0) is 34.3. The number of carbonyl (C=O) groups is 4. The van der Waals surface area contributed by atoms with Gasteiger partial charge in [0.05, 0.1) is 17.2 Å². The number of hydrogen-bond acceptors (Lipinski definition) is 8. The van der Waals surface area contributed by atoms with Crippen molar-refractivity contribution in [1.29, 1.82) is 0 Å². The summed E-state index contributed by atoms with van der Waals surface area (Å²) in [6.07, 6.45) is -2.11. The van der Waals surface area contributed by atoms with Crippen molar-refractivity contribution in [2.75, 3.05) is 19.7 Å². The standard InChI is InChI=1S/C37H34N4O8/c38-33(39-27-19-21-40(22-20-27)37(45)46)26-15-17-28(18-16-26)47-23-31(49-41-34(42)29-13-7-8-14-30(29)35(41)43)36(44)48-32(24-9-3-1-4-10-24)25-11-5-2-6-12-25/h1-18,27,31-32H,19-23H2,(H2,38,39)(H,45,46)/t31-/m0/s1. The molecule has 2 heterocycles. The highest BCUT2D eigenvalue weighted by atomic mass is 16.7. The molecule has 1 atom stereocenters. The Labute approximate surface area is 282 Å². The molecule has 4 aromatic carbocycles. The van der Waals surface area contributed by atoms with Crippen LogP contribution in [0.3, 0.4) is 0 Å². The monoisotopic (exact) mass is 662 g/mol. The molecule has 0 bridgehead atoms. The predicted octanol–water partition coefficient (Wildman–Crippen LogP) is 4.84. The van der Waals surface area contributed by atoms with Gasteiger partial charge in [-0.05, 0) is 60.4 Å². The van der Waals surface area contributed by atoms with Gasteiger partial charge in [0, 0.05) is 18.7 Å². The molecule has 3 amide bonds. The van der Waals surface area contributed by atoms with Crippen molar-refractivity contribution in [3.05, 3.63) is 137 Å². The van der Waals surface area contributed by atoms with Crippen LogP contribution in [-0.2, 0) is 14.4 Å². The van der Waals surface area contributed by atoms with Crippen LogP contribution in [0, 0.1) is 0 Å². The van der Waals surface area contributed by atoms with Crippen LogP contribution >= 0.6 is 0 Å². The van der Waals surface area contributed by atoms with E-state index in [1.165, 1.54) is 17.0 Å². The highest BCUT2D eigenvalue weighted by Crippen LogP contribution is 2.29. The van der Waals surface area contributed by atoms with Crippen molar-refractivity contribution in [1.82, 2.24) is 9.96 Å². The van der Waals surface area contributed by atoms with E-state index in [4.69, 9.17) is 20.0 Å². The number of benzene rings is 4. The van der Waals surface area contributed by atoms with Crippen LogP contribution in [0.25, 0.3) is 0 Å². The lowest BCUT2D eigenvalue weighted by Gasteiger charge is -2.28. The number of nitrogens with two attached hydrogens (primary N) is 1. The van der Waals surface area contributed by atoms with E-state index in [1.807, 2.05) is 60.7 Å². The maximum atomic E-state index is 13.8. The summed E-state index contributed by atoms with van der Waals surface area (Å²) in [7, 11) is 0. The van der Waals surface area contributed by atoms with Crippen LogP contribution < -0.4 is 10.5 Å². The van der Waals surface area contributed by atoms with Gasteiger partial charge in [0.1, 0.15) is 18.2 Å². The Kier molecular flexibility index (Phi) is 9.96. The molecule has 0 saturated carbocycles. The molecule has 250 valence electrons. The third kappa shape index (κ3) is 7.60. The second kappa shape index (κ2) is 14.8. The first-order chi connectivity index (χ1) is 23.8. The zero-order valence-electron chi connectivity index (χ0n) is 26.4. The molecule has 12 nitrogen and oxygen atoms in total. The lowest BCUT2D eigenvalue weighted by Crippen LogP contribution is -2.42. The lowest BCUT2D eigenvalue weighted by molar-refractivity contribution is -0.187. The minimum Gasteiger partial charge on any atom is -0.490 e. The van der Waals surface area contributed by atoms with Crippen LogP contribution in [-0.4, -0.2) is 76.6 Å². The molecule has 49 heavy (non-hydrogen) atoms. The number of amides is 3. The van der Waals surface area contributed by atoms with Crippen molar-refractivity contribution in [2.24, 2.45) is 10.7 Å². The molecule has 1 saturated heterocycles. The minimum absolute atomic E-state index is 0.0896. The molecule has 4 aromatic rings. The average Bonchev–Trinajstić information content (AvgIpc) is 3.38. The molecular weight excluding hydrogens is 628 g/mol. The molecule has 0 unspecified atom stereocenters. The van der Waals surface area contributed by atoms with E-state index < -0.39 is 42.7 Å². The summed E-state index contributed by atoms with van der Waals surface area (Å²) in [4.78, 5) is 63.0. The van der Waals surface area contributed by atoms with Gasteiger partial charge in [0.15, 0.2) is 6.10 Å². The second-order valence-electron chi connectivity index (χ2n) is 11.5. The molecule has 2 aliphatic rings. The van der Waals surface area contributed by atoms with Gasteiger partial charge in [0.25, 0.3) is 11.8 Å². The number of imide groups is 1. The summed E-state index contributed by atoms with van der Waals surface area (Å²) >= 11 is 0. The Morgan fingerprint density at radius 1 is 0.796 bits per heavy atom. The Hall–Kier alpha value is -6.01. The van der Waals surface area contributed by atoms with Gasteiger partial charge in [-0.25, -0.2) is 14.4 Å². The van der Waals surface area contributed by atoms with E-state index in [0.29, 0.717) is 59.3 Å². The molecule has 0 aliphatic carbocycles. The molecular formula is C37H34N4O8. The fourth-order valence-electron chi connectivity index (χ4n) is 5.66. The van der Waals surface area contributed by atoms with Gasteiger partial charge < -0.3 is 25.2 Å². The largest absolute Gasteiger partial charge is 0.490 e. The fraction of sp³-hybridized carbons (Fsp3) is 0.216. The third-order valence-corrected chi connectivity index (χ3v) is 8.30. The summed E-state index contributed by atoms with van der Waals surface area (Å²) in [6, 6.07) is 31.3. The zero-order valence-corrected chi connectivity index (χ0v) is 26.4. The number of hydrogen-bond donors (Lipinski definition) is 2. The van der Waals surface area contributed by atoms with Crippen molar-refractivity contribution in [3.8, 4) is 5.75 Å². The molecule has 6 rings (SSSR count). The number of piperidine rings is 1. The smallest absolute Gasteiger partial charge is 0.407 e. The van der Waals surface area contributed by atoms with Gasteiger partial charge in [-0.2, -0.15) is 0 Å². The normalized spacial score (nSPS) is 15.7. The molecule has 0 spiro atoms. The predicted molar refractivity (Wildman–Crippen MR) is 178 cm³/mol. The lowest BCUT2D eigenvalue weighted by atomic mass is 10.0. The number of amidine groups is 1. The highest BCUT2D eigenvalue weighted by Gasteiger charge is 2.40. The quantitative estimate of drug-likeness (QED) is 0.0991. The maximum Gasteiger partial charge on any atom is 0.407 e. The summed E-state index contributed by atoms with van der Waals surface area (Å²) < 4.78 is 12.0. The number of carbonyl (C=O) groups excluding carboxylic acids is 3. The SMILES string of the molecule is NC(=NC1CCN(C(=O)O)CC1)c1ccc(OC[C@H](ON2C(=O)c3ccccc3C2=O)C(=O)OC(c2ccccc2)c2ccccc2)cc1. The number of rotatable bonds is 11. The topological polar surface area (TPSA) is 161 Å². The molecule has 2 aliphatic heterocycles. The van der Waals surface area contributed by atoms with Crippen LogP contribution in [0.4, 0.5) is 4.79 Å². The number of carboxylic acid groups (broad SMARTS) is 1. The highest BCUT2D eigenvalue weighted by molar-refractivity contribution is 6.20. The first kappa shape index (κ1) is 32.9. The molecule has 12 heteroatoms. The van der Waals surface area contributed by atoms with E-state index in [1.54, 1.807) is 36.4 Å². The van der Waals surface area contributed by atoms with Gasteiger partial charge in [-0.1, -0.05) is 72.8 Å². The van der Waals surface area contributed by atoms with E-state index in [-0.39, 0.29) is 17.2 Å². The van der Waals surface area contributed by atoms with E-state index in [0.717, 1.165) is 0 Å². The first-order valence-corrected chi connectivity index (χ1v) is 15.8. The van der Waals surface area contributed by atoms with Gasteiger partial charge in [-0.3, -0.25) is 14.6 Å². The number of fused-ring (bicyclic) bond motifs is 1. The summed E-state index contributed by atoms with van der Waals surface area (Å²) in [5.41, 5.74) is 8.64. The number of esters is 1.